The zero-order valence-corrected chi connectivity index (χ0v) is 15.1. The predicted molar refractivity (Wildman–Crippen MR) is 94.5 cm³/mol. The minimum absolute atomic E-state index is 0.0146. The molecule has 1 spiro atoms. The van der Waals surface area contributed by atoms with E-state index in [1.807, 2.05) is 6.08 Å². The number of carbonyl (C=O) groups is 1. The first-order chi connectivity index (χ1) is 11.5. The third-order valence-corrected chi connectivity index (χ3v) is 8.58. The molecule has 0 aromatic rings. The fraction of sp³-hybridized carbons (Fsp3) is 0.773. The van der Waals surface area contributed by atoms with Crippen LogP contribution in [0.5, 0.6) is 0 Å². The highest BCUT2D eigenvalue weighted by Gasteiger charge is 2.65. The summed E-state index contributed by atoms with van der Waals surface area (Å²) >= 11 is 0. The number of allylic oxidation sites excluding steroid dienone is 1. The van der Waals surface area contributed by atoms with E-state index in [1.54, 1.807) is 0 Å². The van der Waals surface area contributed by atoms with Gasteiger partial charge in [-0.15, -0.1) is 0 Å². The van der Waals surface area contributed by atoms with E-state index in [0.29, 0.717) is 17.1 Å². The zero-order valence-electron chi connectivity index (χ0n) is 15.1. The van der Waals surface area contributed by atoms with Gasteiger partial charge in [0.25, 0.3) is 0 Å². The highest BCUT2D eigenvalue weighted by atomic mass is 16.5. The van der Waals surface area contributed by atoms with E-state index in [0.717, 1.165) is 43.1 Å². The maximum Gasteiger partial charge on any atom is 0.155 e. The van der Waals surface area contributed by atoms with Crippen molar-refractivity contribution in [1.29, 1.82) is 0 Å². The van der Waals surface area contributed by atoms with Gasteiger partial charge in [-0.1, -0.05) is 31.6 Å². The van der Waals surface area contributed by atoms with Crippen LogP contribution in [0, 0.1) is 35.0 Å². The SMILES string of the molecule is C[C@H]1C[C@@]2(C=CCO2)C2(C)CCC3C4CCC(=O)C=C4CCC3C12. The van der Waals surface area contributed by atoms with Gasteiger partial charge in [0.05, 0.1) is 12.2 Å². The van der Waals surface area contributed by atoms with Gasteiger partial charge >= 0.3 is 0 Å². The second-order valence-electron chi connectivity index (χ2n) is 9.46. The maximum absolute atomic E-state index is 11.8. The smallest absolute Gasteiger partial charge is 0.155 e. The molecule has 5 rings (SSSR count). The molecule has 5 unspecified atom stereocenters. The fourth-order valence-corrected chi connectivity index (χ4v) is 7.78. The van der Waals surface area contributed by atoms with Gasteiger partial charge in [0.15, 0.2) is 5.78 Å². The average molecular weight is 326 g/mol. The molecule has 2 nitrogen and oxygen atoms in total. The maximum atomic E-state index is 11.8. The summed E-state index contributed by atoms with van der Waals surface area (Å²) in [7, 11) is 0. The second kappa shape index (κ2) is 5.06. The van der Waals surface area contributed by atoms with Crippen molar-refractivity contribution in [3.05, 3.63) is 23.8 Å². The van der Waals surface area contributed by atoms with Gasteiger partial charge in [0, 0.05) is 11.8 Å². The molecule has 0 aromatic carbocycles. The molecule has 3 saturated carbocycles. The summed E-state index contributed by atoms with van der Waals surface area (Å²) in [6.07, 6.45) is 14.9. The summed E-state index contributed by atoms with van der Waals surface area (Å²) in [5, 5.41) is 0. The predicted octanol–water partition coefficient (Wildman–Crippen LogP) is 4.70. The van der Waals surface area contributed by atoms with Gasteiger partial charge in [-0.2, -0.15) is 0 Å². The highest BCUT2D eigenvalue weighted by Crippen LogP contribution is 2.68. The molecule has 0 amide bonds. The number of ether oxygens (including phenoxy) is 1. The van der Waals surface area contributed by atoms with Crippen LogP contribution in [0.25, 0.3) is 0 Å². The molecule has 130 valence electrons. The molecule has 1 heterocycles. The van der Waals surface area contributed by atoms with Gasteiger partial charge in [0.1, 0.15) is 0 Å². The van der Waals surface area contributed by atoms with Crippen molar-refractivity contribution < 1.29 is 9.53 Å². The third kappa shape index (κ3) is 1.84. The summed E-state index contributed by atoms with van der Waals surface area (Å²) in [5.41, 5.74) is 1.82. The first-order valence-electron chi connectivity index (χ1n) is 10.1. The van der Waals surface area contributed by atoms with E-state index < -0.39 is 0 Å². The molecule has 4 aliphatic carbocycles. The van der Waals surface area contributed by atoms with E-state index in [9.17, 15) is 4.79 Å². The summed E-state index contributed by atoms with van der Waals surface area (Å²) in [5.74, 6) is 4.28. The molecule has 7 atom stereocenters. The van der Waals surface area contributed by atoms with Crippen molar-refractivity contribution in [2.45, 2.75) is 64.4 Å². The molecule has 5 aliphatic rings. The van der Waals surface area contributed by atoms with Gasteiger partial charge < -0.3 is 4.74 Å². The number of ketones is 1. The van der Waals surface area contributed by atoms with Gasteiger partial charge in [-0.25, -0.2) is 0 Å². The summed E-state index contributed by atoms with van der Waals surface area (Å²) in [6.45, 7) is 5.81. The van der Waals surface area contributed by atoms with Crippen LogP contribution in [0.15, 0.2) is 23.8 Å². The van der Waals surface area contributed by atoms with Crippen LogP contribution >= 0.6 is 0 Å². The minimum Gasteiger partial charge on any atom is -0.366 e. The molecule has 1 aliphatic heterocycles. The minimum atomic E-state index is 0.0146. The molecular weight excluding hydrogens is 296 g/mol. The van der Waals surface area contributed by atoms with Crippen molar-refractivity contribution in [3.8, 4) is 0 Å². The van der Waals surface area contributed by atoms with Gasteiger partial charge in [-0.3, -0.25) is 4.79 Å². The first-order valence-corrected chi connectivity index (χ1v) is 10.1. The van der Waals surface area contributed by atoms with E-state index in [1.165, 1.54) is 37.7 Å². The van der Waals surface area contributed by atoms with Crippen molar-refractivity contribution >= 4 is 5.78 Å². The Morgan fingerprint density at radius 3 is 2.83 bits per heavy atom. The lowest BCUT2D eigenvalue weighted by Crippen LogP contribution is -2.52. The van der Waals surface area contributed by atoms with Gasteiger partial charge in [-0.05, 0) is 74.2 Å². The van der Waals surface area contributed by atoms with E-state index >= 15 is 0 Å². The molecule has 3 fully saturated rings. The number of fused-ring (bicyclic) bond motifs is 6. The summed E-state index contributed by atoms with van der Waals surface area (Å²) < 4.78 is 6.38. The molecule has 0 saturated heterocycles. The fourth-order valence-electron chi connectivity index (χ4n) is 7.78. The number of hydrogen-bond donors (Lipinski definition) is 0. The van der Waals surface area contributed by atoms with Crippen LogP contribution in [0.1, 0.15) is 58.8 Å². The number of hydrogen-bond acceptors (Lipinski definition) is 2. The molecular formula is C22H30O2. The lowest BCUT2D eigenvalue weighted by molar-refractivity contribution is -0.119. The summed E-state index contributed by atoms with van der Waals surface area (Å²) in [4.78, 5) is 11.8. The normalized spacial score (nSPS) is 52.8. The lowest BCUT2D eigenvalue weighted by atomic mass is 9.50. The topological polar surface area (TPSA) is 26.3 Å². The standard InChI is InChI=1S/C22H30O2/c1-14-13-22(9-3-11-24-22)21(2)10-8-18-17-7-5-16(23)12-15(17)4-6-19(18)20(14)21/h3,9,12,14,17-20H,4-8,10-11,13H2,1-2H3/t14-,17?,18?,19?,20?,21?,22-/m0/s1. The molecule has 0 N–H and O–H groups in total. The van der Waals surface area contributed by atoms with Crippen molar-refractivity contribution in [3.63, 3.8) is 0 Å². The summed E-state index contributed by atoms with van der Waals surface area (Å²) in [6, 6.07) is 0. The number of rotatable bonds is 0. The molecule has 2 heteroatoms. The van der Waals surface area contributed by atoms with Crippen LogP contribution in [-0.4, -0.2) is 18.0 Å². The Labute approximate surface area is 145 Å². The second-order valence-corrected chi connectivity index (χ2v) is 9.46. The van der Waals surface area contributed by atoms with Crippen LogP contribution < -0.4 is 0 Å². The molecule has 0 aromatic heterocycles. The Morgan fingerprint density at radius 1 is 1.17 bits per heavy atom. The van der Waals surface area contributed by atoms with Gasteiger partial charge in [0.2, 0.25) is 0 Å². The van der Waals surface area contributed by atoms with Crippen LogP contribution in [0.2, 0.25) is 0 Å². The lowest BCUT2D eigenvalue weighted by Gasteiger charge is -2.56. The van der Waals surface area contributed by atoms with E-state index in [4.69, 9.17) is 4.74 Å². The molecule has 0 bridgehead atoms. The average Bonchev–Trinajstić information content (AvgIpc) is 3.11. The highest BCUT2D eigenvalue weighted by molar-refractivity contribution is 5.91. The van der Waals surface area contributed by atoms with E-state index in [-0.39, 0.29) is 5.60 Å². The number of carbonyl (C=O) groups excluding carboxylic acids is 1. The van der Waals surface area contributed by atoms with Crippen LogP contribution in [0.4, 0.5) is 0 Å². The third-order valence-electron chi connectivity index (χ3n) is 8.58. The van der Waals surface area contributed by atoms with Crippen molar-refractivity contribution in [1.82, 2.24) is 0 Å². The molecule has 0 radical (unpaired) electrons. The first kappa shape index (κ1) is 15.4. The zero-order chi connectivity index (χ0) is 16.5. The Bertz CT molecular complexity index is 632. The van der Waals surface area contributed by atoms with Crippen LogP contribution in [-0.2, 0) is 9.53 Å². The Hall–Kier alpha value is -0.890. The van der Waals surface area contributed by atoms with Crippen molar-refractivity contribution in [2.24, 2.45) is 35.0 Å². The Morgan fingerprint density at radius 2 is 2.04 bits per heavy atom. The Balaban J connectivity index is 1.50. The monoisotopic (exact) mass is 326 g/mol. The largest absolute Gasteiger partial charge is 0.366 e. The molecule has 24 heavy (non-hydrogen) atoms. The quantitative estimate of drug-likeness (QED) is 0.603. The van der Waals surface area contributed by atoms with Crippen molar-refractivity contribution in [2.75, 3.05) is 6.61 Å². The van der Waals surface area contributed by atoms with E-state index in [2.05, 4.69) is 26.0 Å². The Kier molecular flexibility index (Phi) is 3.24. The van der Waals surface area contributed by atoms with Crippen LogP contribution in [0.3, 0.4) is 0 Å².